The molecule has 0 saturated heterocycles. The van der Waals surface area contributed by atoms with E-state index in [2.05, 4.69) is 11.1 Å². The average Bonchev–Trinajstić information content (AvgIpc) is 2.39. The number of rotatable bonds is 1. The maximum atomic E-state index is 9.27. The van der Waals surface area contributed by atoms with E-state index >= 15 is 0 Å². The number of aromatic nitrogens is 1. The Morgan fingerprint density at radius 1 is 0.824 bits per heavy atom. The Bertz CT molecular complexity index is 659. The first-order chi connectivity index (χ1) is 8.33. The monoisotopic (exact) mass is 221 g/mol. The van der Waals surface area contributed by atoms with Crippen LogP contribution in [0, 0.1) is 0 Å². The van der Waals surface area contributed by atoms with Crippen LogP contribution in [0.25, 0.3) is 22.0 Å². The minimum atomic E-state index is 0.288. The highest BCUT2D eigenvalue weighted by Gasteiger charge is 2.00. The lowest BCUT2D eigenvalue weighted by Gasteiger charge is -2.03. The van der Waals surface area contributed by atoms with Crippen molar-refractivity contribution in [1.82, 2.24) is 4.98 Å². The molecule has 0 fully saturated rings. The third-order valence-electron chi connectivity index (χ3n) is 2.80. The van der Waals surface area contributed by atoms with Gasteiger partial charge in [-0.1, -0.05) is 24.3 Å². The molecule has 3 rings (SSSR count). The van der Waals surface area contributed by atoms with Crippen LogP contribution < -0.4 is 0 Å². The van der Waals surface area contributed by atoms with Gasteiger partial charge in [-0.05, 0) is 41.5 Å². The fourth-order valence-corrected chi connectivity index (χ4v) is 1.91. The van der Waals surface area contributed by atoms with Crippen LogP contribution in [0.15, 0.2) is 60.8 Å². The van der Waals surface area contributed by atoms with Gasteiger partial charge >= 0.3 is 0 Å². The van der Waals surface area contributed by atoms with E-state index in [9.17, 15) is 5.11 Å². The molecule has 2 heteroatoms. The number of benzene rings is 2. The molecule has 1 aromatic heterocycles. The lowest BCUT2D eigenvalue weighted by atomic mass is 10.0. The number of aromatic hydroxyl groups is 1. The first kappa shape index (κ1) is 9.85. The number of nitrogens with zero attached hydrogens (tertiary/aromatic N) is 1. The van der Waals surface area contributed by atoms with Gasteiger partial charge in [-0.15, -0.1) is 0 Å². The van der Waals surface area contributed by atoms with Crippen LogP contribution in [0.2, 0.25) is 0 Å². The van der Waals surface area contributed by atoms with Crippen molar-refractivity contribution >= 4 is 10.9 Å². The predicted octanol–water partition coefficient (Wildman–Crippen LogP) is 3.61. The third kappa shape index (κ3) is 1.85. The fourth-order valence-electron chi connectivity index (χ4n) is 1.91. The van der Waals surface area contributed by atoms with E-state index in [1.165, 1.54) is 0 Å². The van der Waals surface area contributed by atoms with Gasteiger partial charge in [0.15, 0.2) is 0 Å². The van der Waals surface area contributed by atoms with E-state index < -0.39 is 0 Å². The van der Waals surface area contributed by atoms with Crippen LogP contribution >= 0.6 is 0 Å². The standard InChI is InChI=1S/C15H11NO/c17-14-6-3-11(4-7-14)12-5-8-15-13(10-12)2-1-9-16-15/h1-10,17H. The van der Waals surface area contributed by atoms with E-state index in [0.29, 0.717) is 0 Å². The summed E-state index contributed by atoms with van der Waals surface area (Å²) >= 11 is 0. The van der Waals surface area contributed by atoms with Crippen LogP contribution in [-0.2, 0) is 0 Å². The highest BCUT2D eigenvalue weighted by Crippen LogP contribution is 2.24. The summed E-state index contributed by atoms with van der Waals surface area (Å²) < 4.78 is 0. The predicted molar refractivity (Wildman–Crippen MR) is 68.8 cm³/mol. The number of pyridine rings is 1. The van der Waals surface area contributed by atoms with Gasteiger partial charge in [0.25, 0.3) is 0 Å². The summed E-state index contributed by atoms with van der Waals surface area (Å²) in [6.45, 7) is 0. The molecule has 1 heterocycles. The largest absolute Gasteiger partial charge is 0.508 e. The van der Waals surface area contributed by atoms with E-state index in [1.54, 1.807) is 18.3 Å². The summed E-state index contributed by atoms with van der Waals surface area (Å²) in [5.74, 6) is 0.288. The summed E-state index contributed by atoms with van der Waals surface area (Å²) in [5, 5.41) is 10.4. The molecule has 2 nitrogen and oxygen atoms in total. The highest BCUT2D eigenvalue weighted by atomic mass is 16.3. The normalized spacial score (nSPS) is 10.6. The Balaban J connectivity index is 2.14. The van der Waals surface area contributed by atoms with Crippen LogP contribution in [0.5, 0.6) is 5.75 Å². The first-order valence-corrected chi connectivity index (χ1v) is 5.47. The summed E-state index contributed by atoms with van der Waals surface area (Å²) in [6.07, 6.45) is 1.79. The summed E-state index contributed by atoms with van der Waals surface area (Å²) in [4.78, 5) is 4.29. The van der Waals surface area contributed by atoms with Gasteiger partial charge in [0.1, 0.15) is 5.75 Å². The second-order valence-corrected chi connectivity index (χ2v) is 3.96. The summed E-state index contributed by atoms with van der Waals surface area (Å²) in [5.41, 5.74) is 3.22. The van der Waals surface area contributed by atoms with Gasteiger partial charge in [0, 0.05) is 11.6 Å². The molecule has 0 aliphatic rings. The molecule has 0 bridgehead atoms. The highest BCUT2D eigenvalue weighted by molar-refractivity contribution is 5.84. The molecule has 82 valence electrons. The second kappa shape index (κ2) is 3.91. The quantitative estimate of drug-likeness (QED) is 0.681. The van der Waals surface area contributed by atoms with Gasteiger partial charge < -0.3 is 5.11 Å². The van der Waals surface area contributed by atoms with Crippen molar-refractivity contribution < 1.29 is 5.11 Å². The zero-order valence-corrected chi connectivity index (χ0v) is 9.17. The second-order valence-electron chi connectivity index (χ2n) is 3.96. The lowest BCUT2D eigenvalue weighted by Crippen LogP contribution is -1.80. The van der Waals surface area contributed by atoms with Gasteiger partial charge in [-0.3, -0.25) is 4.98 Å². The van der Waals surface area contributed by atoms with E-state index in [-0.39, 0.29) is 5.75 Å². The molecule has 1 N–H and O–H groups in total. The van der Waals surface area contributed by atoms with Crippen molar-refractivity contribution in [3.63, 3.8) is 0 Å². The Kier molecular flexibility index (Phi) is 2.26. The molecule has 0 spiro atoms. The summed E-state index contributed by atoms with van der Waals surface area (Å²) in [6, 6.07) is 17.4. The Labute approximate surface area is 99.2 Å². The molecule has 0 aliphatic heterocycles. The van der Waals surface area contributed by atoms with Crippen molar-refractivity contribution in [3.05, 3.63) is 60.8 Å². The smallest absolute Gasteiger partial charge is 0.115 e. The maximum Gasteiger partial charge on any atom is 0.115 e. The van der Waals surface area contributed by atoms with Crippen molar-refractivity contribution in [2.75, 3.05) is 0 Å². The Morgan fingerprint density at radius 2 is 1.59 bits per heavy atom. The van der Waals surface area contributed by atoms with Gasteiger partial charge in [-0.25, -0.2) is 0 Å². The van der Waals surface area contributed by atoms with Crippen molar-refractivity contribution in [2.45, 2.75) is 0 Å². The number of hydrogen-bond acceptors (Lipinski definition) is 2. The SMILES string of the molecule is Oc1ccc(-c2ccc3ncccc3c2)cc1. The molecule has 17 heavy (non-hydrogen) atoms. The maximum absolute atomic E-state index is 9.27. The molecule has 0 saturated carbocycles. The number of phenolic OH excluding ortho intramolecular Hbond substituents is 1. The molecule has 0 amide bonds. The zero-order chi connectivity index (χ0) is 11.7. The van der Waals surface area contributed by atoms with Crippen LogP contribution in [0.1, 0.15) is 0 Å². The zero-order valence-electron chi connectivity index (χ0n) is 9.17. The Morgan fingerprint density at radius 3 is 2.41 bits per heavy atom. The van der Waals surface area contributed by atoms with Crippen LogP contribution in [0.4, 0.5) is 0 Å². The van der Waals surface area contributed by atoms with Gasteiger partial charge in [0.05, 0.1) is 5.52 Å². The lowest BCUT2D eigenvalue weighted by molar-refractivity contribution is 0.475. The molecular weight excluding hydrogens is 210 g/mol. The molecule has 3 aromatic rings. The topological polar surface area (TPSA) is 33.1 Å². The molecule has 0 atom stereocenters. The Hall–Kier alpha value is -2.35. The fraction of sp³-hybridized carbons (Fsp3) is 0. The van der Waals surface area contributed by atoms with E-state index in [0.717, 1.165) is 22.0 Å². The third-order valence-corrected chi connectivity index (χ3v) is 2.80. The van der Waals surface area contributed by atoms with Crippen LogP contribution in [0.3, 0.4) is 0 Å². The van der Waals surface area contributed by atoms with Crippen LogP contribution in [-0.4, -0.2) is 10.1 Å². The average molecular weight is 221 g/mol. The number of hydrogen-bond donors (Lipinski definition) is 1. The molecular formula is C15H11NO. The van der Waals surface area contributed by atoms with Crippen molar-refractivity contribution in [3.8, 4) is 16.9 Å². The van der Waals surface area contributed by atoms with E-state index in [1.807, 2.05) is 36.4 Å². The van der Waals surface area contributed by atoms with Crippen molar-refractivity contribution in [2.24, 2.45) is 0 Å². The number of phenols is 1. The minimum absolute atomic E-state index is 0.288. The molecule has 0 radical (unpaired) electrons. The molecule has 2 aromatic carbocycles. The van der Waals surface area contributed by atoms with Gasteiger partial charge in [0.2, 0.25) is 0 Å². The molecule has 0 unspecified atom stereocenters. The minimum Gasteiger partial charge on any atom is -0.508 e. The van der Waals surface area contributed by atoms with Crippen molar-refractivity contribution in [1.29, 1.82) is 0 Å². The molecule has 0 aliphatic carbocycles. The summed E-state index contributed by atoms with van der Waals surface area (Å²) in [7, 11) is 0. The number of fused-ring (bicyclic) bond motifs is 1. The van der Waals surface area contributed by atoms with E-state index in [4.69, 9.17) is 0 Å². The first-order valence-electron chi connectivity index (χ1n) is 5.47. The van der Waals surface area contributed by atoms with Gasteiger partial charge in [-0.2, -0.15) is 0 Å².